The summed E-state index contributed by atoms with van der Waals surface area (Å²) in [5, 5.41) is 8.97. The van der Waals surface area contributed by atoms with Crippen molar-refractivity contribution in [3.8, 4) is 0 Å². The van der Waals surface area contributed by atoms with Gasteiger partial charge in [-0.15, -0.1) is 0 Å². The number of hydrogen-bond acceptors (Lipinski definition) is 3. The van der Waals surface area contributed by atoms with Crippen molar-refractivity contribution in [1.29, 1.82) is 0 Å². The van der Waals surface area contributed by atoms with Crippen LogP contribution in [0.25, 0.3) is 0 Å². The highest BCUT2D eigenvalue weighted by Crippen LogP contribution is 1.92. The molecule has 10 heavy (non-hydrogen) atoms. The normalized spacial score (nSPS) is 17.1. The van der Waals surface area contributed by atoms with Crippen LogP contribution in [0.1, 0.15) is 13.3 Å². The van der Waals surface area contributed by atoms with Crippen LogP contribution in [0.15, 0.2) is 0 Å². The van der Waals surface area contributed by atoms with E-state index < -0.39 is 6.10 Å². The van der Waals surface area contributed by atoms with Crippen molar-refractivity contribution in [3.63, 3.8) is 0 Å². The minimum Gasteiger partial charge on any atom is -0.389 e. The molecule has 4 heteroatoms. The molecule has 62 valence electrons. The second-order valence-electron chi connectivity index (χ2n) is 2.44. The van der Waals surface area contributed by atoms with Crippen LogP contribution in [-0.2, 0) is 4.74 Å². The van der Waals surface area contributed by atoms with Crippen LogP contribution >= 0.6 is 0 Å². The fourth-order valence-corrected chi connectivity index (χ4v) is 0.654. The lowest BCUT2D eigenvalue weighted by Gasteiger charge is -2.13. The molecule has 3 nitrogen and oxygen atoms in total. The molecule has 0 aliphatic rings. The van der Waals surface area contributed by atoms with Crippen molar-refractivity contribution in [1.82, 2.24) is 0 Å². The monoisotopic (exact) mass is 163 g/mol. The lowest BCUT2D eigenvalue weighted by Crippen LogP contribution is -2.28. The number of aliphatic hydroxyl groups excluding tert-OH is 1. The third-order valence-electron chi connectivity index (χ3n) is 1.42. The molecule has 2 atom stereocenters. The summed E-state index contributed by atoms with van der Waals surface area (Å²) >= 11 is 0. The molecule has 0 spiro atoms. The predicted octanol–water partition coefficient (Wildman–Crippen LogP) is -1.58. The van der Waals surface area contributed by atoms with E-state index in [9.17, 15) is 0 Å². The molecule has 0 bridgehead atoms. The fourth-order valence-electron chi connectivity index (χ4n) is 0.461. The molecule has 0 saturated carbocycles. The largest absolute Gasteiger partial charge is 0.389 e. The summed E-state index contributed by atoms with van der Waals surface area (Å²) in [5.74, 6) is 0. The Labute approximate surface area is 65.0 Å². The van der Waals surface area contributed by atoms with Gasteiger partial charge in [0.2, 0.25) is 0 Å². The molecular formula is C6H17NO2Si. The first-order valence-electron chi connectivity index (χ1n) is 3.70. The zero-order valence-corrected chi connectivity index (χ0v) is 8.71. The number of rotatable bonds is 5. The van der Waals surface area contributed by atoms with Gasteiger partial charge in [-0.1, -0.05) is 6.92 Å². The number of aliphatic hydroxyl groups is 1. The van der Waals surface area contributed by atoms with Crippen LogP contribution in [0.5, 0.6) is 0 Å². The second kappa shape index (κ2) is 5.85. The third-order valence-corrected chi connectivity index (χ3v) is 2.57. The summed E-state index contributed by atoms with van der Waals surface area (Å²) in [7, 11) is 1.02. The maximum atomic E-state index is 8.97. The van der Waals surface area contributed by atoms with Crippen molar-refractivity contribution >= 4 is 10.2 Å². The first kappa shape index (κ1) is 10.1. The van der Waals surface area contributed by atoms with E-state index in [-0.39, 0.29) is 6.54 Å². The maximum Gasteiger partial charge on any atom is 0.0895 e. The minimum absolute atomic E-state index is 0.290. The Kier molecular flexibility index (Phi) is 5.91. The van der Waals surface area contributed by atoms with Gasteiger partial charge in [-0.05, 0) is 6.42 Å². The Morgan fingerprint density at radius 2 is 2.30 bits per heavy atom. The van der Waals surface area contributed by atoms with E-state index in [1.807, 2.05) is 0 Å². The summed E-state index contributed by atoms with van der Waals surface area (Å²) in [4.78, 5) is 0. The molecule has 0 aromatic heterocycles. The van der Waals surface area contributed by atoms with E-state index in [1.165, 1.54) is 0 Å². The van der Waals surface area contributed by atoms with Gasteiger partial charge in [-0.2, -0.15) is 0 Å². The van der Waals surface area contributed by atoms with Gasteiger partial charge < -0.3 is 15.6 Å². The number of ether oxygens (including phenoxy) is 1. The maximum absolute atomic E-state index is 8.97. The van der Waals surface area contributed by atoms with E-state index >= 15 is 0 Å². The van der Waals surface area contributed by atoms with Gasteiger partial charge in [-0.25, -0.2) is 0 Å². The van der Waals surface area contributed by atoms with Gasteiger partial charge in [0.25, 0.3) is 0 Å². The van der Waals surface area contributed by atoms with Gasteiger partial charge >= 0.3 is 0 Å². The lowest BCUT2D eigenvalue weighted by molar-refractivity contribution is 0.0251. The molecule has 0 radical (unpaired) electrons. The lowest BCUT2D eigenvalue weighted by atomic mass is 10.4. The Balaban J connectivity index is 3.17. The fraction of sp³-hybridized carbons (Fsp3) is 1.00. The first-order valence-corrected chi connectivity index (χ1v) is 4.85. The first-order chi connectivity index (χ1) is 4.70. The van der Waals surface area contributed by atoms with Crippen molar-refractivity contribution in [2.75, 3.05) is 13.2 Å². The van der Waals surface area contributed by atoms with Crippen LogP contribution in [0, 0.1) is 0 Å². The Morgan fingerprint density at radius 1 is 1.70 bits per heavy atom. The van der Waals surface area contributed by atoms with Crippen LogP contribution in [0.2, 0.25) is 0 Å². The van der Waals surface area contributed by atoms with E-state index in [0.29, 0.717) is 12.3 Å². The molecule has 0 aliphatic heterocycles. The summed E-state index contributed by atoms with van der Waals surface area (Å²) in [5.41, 5.74) is 5.54. The van der Waals surface area contributed by atoms with Gasteiger partial charge in [0.05, 0.1) is 12.7 Å². The number of nitrogens with two attached hydrogens (primary N) is 1. The van der Waals surface area contributed by atoms with E-state index in [1.54, 1.807) is 0 Å². The predicted molar refractivity (Wildman–Crippen MR) is 45.0 cm³/mol. The number of hydrogen-bond donors (Lipinski definition) is 2. The highest BCUT2D eigenvalue weighted by molar-refractivity contribution is 6.10. The van der Waals surface area contributed by atoms with Gasteiger partial charge in [-0.3, -0.25) is 0 Å². The summed E-state index contributed by atoms with van der Waals surface area (Å²) in [6.45, 7) is 2.75. The minimum atomic E-state index is -0.483. The highest BCUT2D eigenvalue weighted by atomic mass is 28.1. The van der Waals surface area contributed by atoms with Crippen molar-refractivity contribution < 1.29 is 9.84 Å². The van der Waals surface area contributed by atoms with E-state index in [2.05, 4.69) is 6.92 Å². The average molecular weight is 163 g/mol. The zero-order valence-electron chi connectivity index (χ0n) is 6.71. The molecule has 0 fully saturated rings. The van der Waals surface area contributed by atoms with Crippen LogP contribution in [-0.4, -0.2) is 40.3 Å². The smallest absolute Gasteiger partial charge is 0.0895 e. The average Bonchev–Trinajstić information content (AvgIpc) is 1.99. The Hall–Kier alpha value is 0.0969. The molecule has 0 aliphatic carbocycles. The Morgan fingerprint density at radius 3 is 2.70 bits per heavy atom. The second-order valence-corrected chi connectivity index (χ2v) is 3.73. The zero-order chi connectivity index (χ0) is 7.98. The van der Waals surface area contributed by atoms with E-state index in [4.69, 9.17) is 15.6 Å². The molecule has 0 saturated heterocycles. The SMILES string of the molecule is CCC([SiH3])OCC(O)CN. The molecule has 3 N–H and O–H groups in total. The molecule has 2 unspecified atom stereocenters. The van der Waals surface area contributed by atoms with Gasteiger partial charge in [0.15, 0.2) is 0 Å². The summed E-state index contributed by atoms with van der Waals surface area (Å²) in [6.07, 6.45) is 0.548. The quantitative estimate of drug-likeness (QED) is 0.481. The topological polar surface area (TPSA) is 55.5 Å². The van der Waals surface area contributed by atoms with Crippen molar-refractivity contribution in [2.24, 2.45) is 5.73 Å². The molecule has 0 amide bonds. The summed E-state index contributed by atoms with van der Waals surface area (Å²) in [6, 6.07) is 0. The van der Waals surface area contributed by atoms with Crippen molar-refractivity contribution in [3.05, 3.63) is 0 Å². The van der Waals surface area contributed by atoms with Gasteiger partial charge in [0, 0.05) is 22.5 Å². The standard InChI is InChI=1S/C6H17NO2Si/c1-2-6(10)9-4-5(8)3-7/h5-6,8H,2-4,7H2,1,10H3. The summed E-state index contributed by atoms with van der Waals surface area (Å²) < 4.78 is 5.28. The molecule has 0 heterocycles. The third kappa shape index (κ3) is 4.93. The highest BCUT2D eigenvalue weighted by Gasteiger charge is 2.03. The Bertz CT molecular complexity index is 72.1. The van der Waals surface area contributed by atoms with Crippen LogP contribution in [0.3, 0.4) is 0 Å². The molecule has 0 aromatic rings. The van der Waals surface area contributed by atoms with Crippen molar-refractivity contribution in [2.45, 2.75) is 25.2 Å². The molecular weight excluding hydrogens is 146 g/mol. The molecule has 0 rings (SSSR count). The van der Waals surface area contributed by atoms with Gasteiger partial charge in [0.1, 0.15) is 0 Å². The van der Waals surface area contributed by atoms with Crippen LogP contribution in [0.4, 0.5) is 0 Å². The van der Waals surface area contributed by atoms with E-state index in [0.717, 1.165) is 16.7 Å². The molecule has 0 aromatic carbocycles. The van der Waals surface area contributed by atoms with Crippen LogP contribution < -0.4 is 5.73 Å².